The fraction of sp³-hybridized carbons (Fsp3) is 0.696. The minimum atomic E-state index is -0.156. The maximum absolute atomic E-state index is 13.0. The third-order valence-corrected chi connectivity index (χ3v) is 6.44. The van der Waals surface area contributed by atoms with E-state index in [-0.39, 0.29) is 12.1 Å². The van der Waals surface area contributed by atoms with Gasteiger partial charge in [-0.05, 0) is 68.5 Å². The number of piperidine rings is 1. The number of hydrogen-bond donors (Lipinski definition) is 1. The molecule has 1 aliphatic carbocycles. The molecule has 1 N–H and O–H groups in total. The first-order valence-corrected chi connectivity index (χ1v) is 10.7. The van der Waals surface area contributed by atoms with E-state index in [1.165, 1.54) is 25.7 Å². The average Bonchev–Trinajstić information content (AvgIpc) is 2.70. The normalized spacial score (nSPS) is 26.3. The van der Waals surface area contributed by atoms with Gasteiger partial charge in [0.15, 0.2) is 0 Å². The molecule has 1 saturated heterocycles. The Balaban J connectivity index is 1.67. The smallest absolute Gasteiger partial charge is 0.410 e. The van der Waals surface area contributed by atoms with E-state index in [0.717, 1.165) is 37.0 Å². The van der Waals surface area contributed by atoms with Crippen molar-refractivity contribution in [3.05, 3.63) is 35.9 Å². The van der Waals surface area contributed by atoms with Crippen molar-refractivity contribution in [2.75, 3.05) is 19.6 Å². The molecule has 4 atom stereocenters. The molecule has 4 heteroatoms. The lowest BCUT2D eigenvalue weighted by Crippen LogP contribution is -2.51. The maximum Gasteiger partial charge on any atom is 0.410 e. The minimum absolute atomic E-state index is 0.156. The summed E-state index contributed by atoms with van der Waals surface area (Å²) in [6.07, 6.45) is 4.95. The minimum Gasteiger partial charge on any atom is -0.445 e. The van der Waals surface area contributed by atoms with Crippen LogP contribution in [0.1, 0.15) is 52.0 Å². The lowest BCUT2D eigenvalue weighted by molar-refractivity contribution is 0.0239. The first-order chi connectivity index (χ1) is 13.1. The van der Waals surface area contributed by atoms with Gasteiger partial charge in [-0.15, -0.1) is 0 Å². The van der Waals surface area contributed by atoms with Crippen molar-refractivity contribution in [2.45, 2.75) is 59.1 Å². The second kappa shape index (κ2) is 9.59. The van der Waals surface area contributed by atoms with Crippen molar-refractivity contribution in [3.8, 4) is 0 Å². The molecule has 0 bridgehead atoms. The molecule has 4 nitrogen and oxygen atoms in total. The lowest BCUT2D eigenvalue weighted by atomic mass is 9.66. The standard InChI is InChI=1S/C23H36N2O2/c1-17(2)15-25(23(26)27-16-19-8-5-4-6-9-19)18(3)21-11-7-10-20-14-24-13-12-22(20)21/h4-6,8-9,17-18,20-22,24H,7,10-16H2,1-3H3. The van der Waals surface area contributed by atoms with Crippen LogP contribution in [0.15, 0.2) is 30.3 Å². The first-order valence-electron chi connectivity index (χ1n) is 10.7. The lowest BCUT2D eigenvalue weighted by Gasteiger charge is -2.46. The van der Waals surface area contributed by atoms with Gasteiger partial charge in [0.25, 0.3) is 0 Å². The molecule has 2 fully saturated rings. The van der Waals surface area contributed by atoms with Crippen LogP contribution in [-0.2, 0) is 11.3 Å². The van der Waals surface area contributed by atoms with E-state index < -0.39 is 0 Å². The molecule has 1 heterocycles. The number of rotatable bonds is 6. The zero-order chi connectivity index (χ0) is 19.2. The van der Waals surface area contributed by atoms with Gasteiger partial charge in [0.2, 0.25) is 0 Å². The Morgan fingerprint density at radius 3 is 2.70 bits per heavy atom. The Morgan fingerprint density at radius 1 is 1.19 bits per heavy atom. The Kier molecular flexibility index (Phi) is 7.17. The van der Waals surface area contributed by atoms with Crippen molar-refractivity contribution in [1.29, 1.82) is 0 Å². The fourth-order valence-electron chi connectivity index (χ4n) is 5.09. The van der Waals surface area contributed by atoms with Crippen LogP contribution in [0, 0.1) is 23.7 Å². The van der Waals surface area contributed by atoms with Crippen molar-refractivity contribution in [3.63, 3.8) is 0 Å². The first kappa shape index (κ1) is 20.2. The number of carbonyl (C=O) groups excluding carboxylic acids is 1. The summed E-state index contributed by atoms with van der Waals surface area (Å²) in [7, 11) is 0. The van der Waals surface area contributed by atoms with Crippen LogP contribution in [0.5, 0.6) is 0 Å². The van der Waals surface area contributed by atoms with E-state index >= 15 is 0 Å². The van der Waals surface area contributed by atoms with Crippen LogP contribution in [0.2, 0.25) is 0 Å². The van der Waals surface area contributed by atoms with E-state index in [4.69, 9.17) is 4.74 Å². The van der Waals surface area contributed by atoms with Crippen molar-refractivity contribution < 1.29 is 9.53 Å². The van der Waals surface area contributed by atoms with Crippen LogP contribution in [-0.4, -0.2) is 36.7 Å². The van der Waals surface area contributed by atoms with Crippen molar-refractivity contribution in [1.82, 2.24) is 10.2 Å². The molecule has 1 aliphatic heterocycles. The topological polar surface area (TPSA) is 41.6 Å². The number of nitrogens with zero attached hydrogens (tertiary/aromatic N) is 1. The highest BCUT2D eigenvalue weighted by Gasteiger charge is 2.40. The van der Waals surface area contributed by atoms with E-state index in [9.17, 15) is 4.79 Å². The summed E-state index contributed by atoms with van der Waals surface area (Å²) in [5.41, 5.74) is 1.04. The second-order valence-corrected chi connectivity index (χ2v) is 8.84. The summed E-state index contributed by atoms with van der Waals surface area (Å²) in [6, 6.07) is 10.2. The number of benzene rings is 1. The molecule has 0 spiro atoms. The van der Waals surface area contributed by atoms with Gasteiger partial charge >= 0.3 is 6.09 Å². The quantitative estimate of drug-likeness (QED) is 0.787. The molecule has 1 saturated carbocycles. The third kappa shape index (κ3) is 5.25. The van der Waals surface area contributed by atoms with Gasteiger partial charge in [0.1, 0.15) is 6.61 Å². The molecule has 1 aromatic rings. The number of hydrogen-bond acceptors (Lipinski definition) is 3. The number of carbonyl (C=O) groups is 1. The third-order valence-electron chi connectivity index (χ3n) is 6.44. The average molecular weight is 373 g/mol. The highest BCUT2D eigenvalue weighted by atomic mass is 16.6. The van der Waals surface area contributed by atoms with Crippen LogP contribution < -0.4 is 5.32 Å². The van der Waals surface area contributed by atoms with Crippen molar-refractivity contribution >= 4 is 6.09 Å². The Bertz CT molecular complexity index is 587. The molecule has 0 aromatic heterocycles. The molecule has 4 unspecified atom stereocenters. The number of fused-ring (bicyclic) bond motifs is 1. The van der Waals surface area contributed by atoms with Gasteiger partial charge in [-0.1, -0.05) is 50.6 Å². The highest BCUT2D eigenvalue weighted by Crippen LogP contribution is 2.41. The summed E-state index contributed by atoms with van der Waals surface area (Å²) in [5, 5.41) is 3.56. The van der Waals surface area contributed by atoms with Gasteiger partial charge in [0, 0.05) is 12.6 Å². The van der Waals surface area contributed by atoms with Gasteiger partial charge in [-0.2, -0.15) is 0 Å². The molecule has 3 rings (SSSR count). The fourth-order valence-corrected chi connectivity index (χ4v) is 5.09. The Labute approximate surface area is 164 Å². The van der Waals surface area contributed by atoms with Gasteiger partial charge < -0.3 is 15.0 Å². The second-order valence-electron chi connectivity index (χ2n) is 8.84. The van der Waals surface area contributed by atoms with Crippen LogP contribution in [0.4, 0.5) is 4.79 Å². The maximum atomic E-state index is 13.0. The van der Waals surface area contributed by atoms with E-state index in [1.807, 2.05) is 35.2 Å². The largest absolute Gasteiger partial charge is 0.445 e. The summed E-state index contributed by atoms with van der Waals surface area (Å²) in [4.78, 5) is 15.0. The molecule has 27 heavy (non-hydrogen) atoms. The Morgan fingerprint density at radius 2 is 1.96 bits per heavy atom. The molecular weight excluding hydrogens is 336 g/mol. The molecular formula is C23H36N2O2. The SMILES string of the molecule is CC(C)CN(C(=O)OCc1ccccc1)C(C)C1CCCC2CNCCC21. The zero-order valence-corrected chi connectivity index (χ0v) is 17.2. The van der Waals surface area contributed by atoms with Gasteiger partial charge in [-0.3, -0.25) is 0 Å². The van der Waals surface area contributed by atoms with Gasteiger partial charge in [-0.25, -0.2) is 4.79 Å². The summed E-state index contributed by atoms with van der Waals surface area (Å²) in [5.74, 6) is 2.55. The van der Waals surface area contributed by atoms with Gasteiger partial charge in [0.05, 0.1) is 0 Å². The number of nitrogens with one attached hydrogen (secondary N) is 1. The molecule has 2 aliphatic rings. The highest BCUT2D eigenvalue weighted by molar-refractivity contribution is 5.68. The molecule has 1 aromatic carbocycles. The van der Waals surface area contributed by atoms with Crippen LogP contribution in [0.25, 0.3) is 0 Å². The monoisotopic (exact) mass is 372 g/mol. The Hall–Kier alpha value is -1.55. The van der Waals surface area contributed by atoms with E-state index in [0.29, 0.717) is 18.4 Å². The summed E-state index contributed by atoms with van der Waals surface area (Å²) >= 11 is 0. The molecule has 1 amide bonds. The van der Waals surface area contributed by atoms with Crippen LogP contribution in [0.3, 0.4) is 0 Å². The number of amides is 1. The summed E-state index contributed by atoms with van der Waals surface area (Å²) < 4.78 is 5.71. The zero-order valence-electron chi connectivity index (χ0n) is 17.2. The summed E-state index contributed by atoms with van der Waals surface area (Å²) in [6.45, 7) is 9.99. The predicted molar refractivity (Wildman–Crippen MR) is 109 cm³/mol. The van der Waals surface area contributed by atoms with Crippen LogP contribution >= 0.6 is 0 Å². The molecule has 0 radical (unpaired) electrons. The molecule has 150 valence electrons. The van der Waals surface area contributed by atoms with Crippen molar-refractivity contribution in [2.24, 2.45) is 23.7 Å². The van der Waals surface area contributed by atoms with E-state index in [2.05, 4.69) is 26.1 Å². The van der Waals surface area contributed by atoms with E-state index in [1.54, 1.807) is 0 Å². The predicted octanol–water partition coefficient (Wildman–Crippen LogP) is 4.70. The number of ether oxygens (including phenoxy) is 1.